The van der Waals surface area contributed by atoms with Crippen molar-refractivity contribution in [1.82, 2.24) is 19.4 Å². The van der Waals surface area contributed by atoms with Crippen molar-refractivity contribution in [2.75, 3.05) is 0 Å². The Morgan fingerprint density at radius 1 is 0.600 bits per heavy atom. The maximum atomic E-state index is 12.8. The first-order chi connectivity index (χ1) is 28.0. The van der Waals surface area contributed by atoms with Crippen LogP contribution in [0.15, 0.2) is 126 Å². The van der Waals surface area contributed by atoms with Crippen LogP contribution in [-0.2, 0) is 36.4 Å². The number of aromatic nitrogens is 4. The summed E-state index contributed by atoms with van der Waals surface area (Å²) in [6.45, 7) is 20.0. The molecule has 5 aromatic heterocycles. The average molecular weight is 967 g/mol. The van der Waals surface area contributed by atoms with Crippen molar-refractivity contribution in [1.29, 1.82) is 0 Å². The van der Waals surface area contributed by atoms with Gasteiger partial charge in [-0.05, 0) is 98.6 Å². The molecule has 0 atom stereocenters. The smallest absolute Gasteiger partial charge is 0.227 e. The van der Waals surface area contributed by atoms with E-state index in [0.717, 1.165) is 77.2 Å². The Kier molecular flexibility index (Phi) is 10.3. The van der Waals surface area contributed by atoms with Crippen LogP contribution in [0.2, 0.25) is 0 Å². The Hall–Kier alpha value is -5.75. The van der Waals surface area contributed by atoms with Crippen LogP contribution in [0.25, 0.3) is 82.9 Å². The van der Waals surface area contributed by atoms with E-state index in [9.17, 15) is 4.39 Å². The Bertz CT molecular complexity index is 3200. The molecule has 10 rings (SSSR count). The van der Waals surface area contributed by atoms with Gasteiger partial charge in [0.2, 0.25) is 5.71 Å². The van der Waals surface area contributed by atoms with Crippen LogP contribution < -0.4 is 0 Å². The zero-order chi connectivity index (χ0) is 41.4. The van der Waals surface area contributed by atoms with Gasteiger partial charge in [-0.15, -0.1) is 59.5 Å². The van der Waals surface area contributed by atoms with E-state index >= 15 is 0 Å². The van der Waals surface area contributed by atoms with Crippen LogP contribution >= 0.6 is 0 Å². The zero-order valence-corrected chi connectivity index (χ0v) is 37.9. The van der Waals surface area contributed by atoms with Gasteiger partial charge in [-0.2, -0.15) is 0 Å². The number of rotatable bonds is 2. The monoisotopic (exact) mass is 967 g/mol. The molecule has 0 fully saturated rings. The number of pyridine rings is 3. The van der Waals surface area contributed by atoms with Gasteiger partial charge in [0, 0.05) is 54.0 Å². The second-order valence-electron chi connectivity index (χ2n) is 18.6. The third-order valence-electron chi connectivity index (χ3n) is 11.3. The predicted octanol–water partition coefficient (Wildman–Crippen LogP) is 14.1. The molecule has 0 bridgehead atoms. The van der Waals surface area contributed by atoms with E-state index in [1.54, 1.807) is 12.3 Å². The van der Waals surface area contributed by atoms with E-state index in [1.807, 2.05) is 30.3 Å². The molecule has 5 heterocycles. The molecule has 0 spiro atoms. The predicted molar refractivity (Wildman–Crippen MR) is 242 cm³/mol. The van der Waals surface area contributed by atoms with Crippen molar-refractivity contribution in [3.63, 3.8) is 0 Å². The minimum absolute atomic E-state index is 0. The molecule has 0 unspecified atom stereocenters. The summed E-state index contributed by atoms with van der Waals surface area (Å²) in [4.78, 5) is 14.4. The molecule has 0 aliphatic carbocycles. The molecule has 0 aliphatic rings. The SMILES string of the molecule is CC(C)(C)c1cc(-c2ccc3c(n2)oc2cc4c5ccc[c-]c5c5nc6ccccc6n5c4cc23)cc(C(C)(C)C)c1.CC(C)(C)c1ccnc(-c2[c-]cc(F)cc2)c1.[Ir]. The van der Waals surface area contributed by atoms with E-state index in [2.05, 4.69) is 151 Å². The molecule has 1 radical (unpaired) electrons. The van der Waals surface area contributed by atoms with E-state index in [0.29, 0.717) is 5.71 Å². The van der Waals surface area contributed by atoms with Gasteiger partial charge in [-0.25, -0.2) is 4.98 Å². The Balaban J connectivity index is 0.000000234. The van der Waals surface area contributed by atoms with Gasteiger partial charge >= 0.3 is 0 Å². The molecule has 60 heavy (non-hydrogen) atoms. The van der Waals surface area contributed by atoms with Crippen LogP contribution in [0.5, 0.6) is 0 Å². The topological polar surface area (TPSA) is 56.2 Å². The van der Waals surface area contributed by atoms with Crippen LogP contribution in [0, 0.1) is 17.9 Å². The quantitative estimate of drug-likeness (QED) is 0.128. The minimum Gasteiger partial charge on any atom is -0.438 e. The maximum Gasteiger partial charge on any atom is 0.227 e. The number of nitrogens with zero attached hydrogens (tertiary/aromatic N) is 4. The van der Waals surface area contributed by atoms with Crippen LogP contribution in [0.1, 0.15) is 79.0 Å². The molecule has 5 aromatic carbocycles. The fraction of sp³-hybridized carbons (Fsp3) is 0.226. The van der Waals surface area contributed by atoms with Crippen molar-refractivity contribution in [2.24, 2.45) is 0 Å². The summed E-state index contributed by atoms with van der Waals surface area (Å²) in [7, 11) is 0. The molecule has 7 heteroatoms. The van der Waals surface area contributed by atoms with Gasteiger partial charge in [0.25, 0.3) is 0 Å². The number of hydrogen-bond donors (Lipinski definition) is 0. The largest absolute Gasteiger partial charge is 0.438 e. The summed E-state index contributed by atoms with van der Waals surface area (Å²) in [6.07, 6.45) is 1.78. The van der Waals surface area contributed by atoms with Gasteiger partial charge in [0.1, 0.15) is 5.58 Å². The van der Waals surface area contributed by atoms with Gasteiger partial charge in [0.05, 0.1) is 22.4 Å². The first-order valence-electron chi connectivity index (χ1n) is 20.2. The van der Waals surface area contributed by atoms with Crippen molar-refractivity contribution in [2.45, 2.75) is 78.6 Å². The van der Waals surface area contributed by atoms with Crippen molar-refractivity contribution < 1.29 is 28.9 Å². The van der Waals surface area contributed by atoms with Crippen molar-refractivity contribution >= 4 is 60.4 Å². The number of imidazole rings is 1. The van der Waals surface area contributed by atoms with E-state index in [4.69, 9.17) is 14.4 Å². The summed E-state index contributed by atoms with van der Waals surface area (Å²) in [6, 6.07) is 44.9. The molecule has 10 aromatic rings. The molecular formula is C53H47FIrN4O-2. The fourth-order valence-electron chi connectivity index (χ4n) is 7.79. The van der Waals surface area contributed by atoms with Crippen LogP contribution in [-0.4, -0.2) is 19.4 Å². The summed E-state index contributed by atoms with van der Waals surface area (Å²) < 4.78 is 21.6. The summed E-state index contributed by atoms with van der Waals surface area (Å²) in [5.41, 5.74) is 13.2. The number of para-hydroxylation sites is 2. The molecule has 0 aliphatic heterocycles. The number of hydrogen-bond acceptors (Lipinski definition) is 4. The third-order valence-corrected chi connectivity index (χ3v) is 11.3. The third kappa shape index (κ3) is 7.50. The number of fused-ring (bicyclic) bond motifs is 11. The fourth-order valence-corrected chi connectivity index (χ4v) is 7.79. The van der Waals surface area contributed by atoms with Crippen LogP contribution in [0.4, 0.5) is 4.39 Å². The summed E-state index contributed by atoms with van der Waals surface area (Å²) in [5, 5.41) is 5.28. The molecule has 0 saturated heterocycles. The van der Waals surface area contributed by atoms with E-state index in [1.165, 1.54) is 28.8 Å². The zero-order valence-electron chi connectivity index (χ0n) is 35.5. The normalized spacial score (nSPS) is 12.4. The van der Waals surface area contributed by atoms with Crippen molar-refractivity contribution in [3.8, 4) is 22.5 Å². The van der Waals surface area contributed by atoms with Crippen LogP contribution in [0.3, 0.4) is 0 Å². The standard InChI is InChI=1S/C38H32N3O.C15H15FN.Ir/c1-37(2,3)23-17-22(18-24(19-23)38(4,5)6)30-16-15-27-29-20-33-28(21-34(29)42-36(27)40-30)25-11-7-8-12-26(25)35-39-31-13-9-10-14-32(31)41(33)35;1-15(2,3)12-8-9-17-14(10-12)11-4-6-13(16)7-5-11;/h7-11,13-21H,1-6H3;4,6-10H,1-3H3;/q2*-1;. The van der Waals surface area contributed by atoms with Crippen molar-refractivity contribution in [3.05, 3.63) is 156 Å². The first-order valence-corrected chi connectivity index (χ1v) is 20.2. The van der Waals surface area contributed by atoms with E-state index < -0.39 is 0 Å². The summed E-state index contributed by atoms with van der Waals surface area (Å²) >= 11 is 0. The van der Waals surface area contributed by atoms with Gasteiger partial charge in [0.15, 0.2) is 0 Å². The summed E-state index contributed by atoms with van der Waals surface area (Å²) in [5.74, 6) is -0.277. The second kappa shape index (κ2) is 15.1. The average Bonchev–Trinajstić information content (AvgIpc) is 3.78. The maximum absolute atomic E-state index is 12.8. The van der Waals surface area contributed by atoms with Gasteiger partial charge in [-0.3, -0.25) is 9.37 Å². The molecule has 0 N–H and O–H groups in total. The van der Waals surface area contributed by atoms with Gasteiger partial charge in [-0.1, -0.05) is 92.0 Å². The number of halogens is 1. The van der Waals surface area contributed by atoms with E-state index in [-0.39, 0.29) is 42.2 Å². The van der Waals surface area contributed by atoms with Gasteiger partial charge < -0.3 is 13.8 Å². The number of furan rings is 1. The minimum atomic E-state index is -0.277. The molecule has 0 amide bonds. The molecule has 303 valence electrons. The molecular weight excluding hydrogens is 920 g/mol. The number of benzene rings is 5. The Morgan fingerprint density at radius 3 is 2.03 bits per heavy atom. The molecule has 5 nitrogen and oxygen atoms in total. The Morgan fingerprint density at radius 2 is 1.33 bits per heavy atom. The molecule has 0 saturated carbocycles. The second-order valence-corrected chi connectivity index (χ2v) is 18.6. The Labute approximate surface area is 364 Å². The first kappa shape index (κ1) is 41.0.